The first kappa shape index (κ1) is 18.7. The summed E-state index contributed by atoms with van der Waals surface area (Å²) in [5.41, 5.74) is 0.0953. The largest absolute Gasteiger partial charge is 0.493 e. The summed E-state index contributed by atoms with van der Waals surface area (Å²) in [6, 6.07) is 11.9. The van der Waals surface area contributed by atoms with Crippen molar-refractivity contribution in [1.82, 2.24) is 0 Å². The quantitative estimate of drug-likeness (QED) is 0.778. The van der Waals surface area contributed by atoms with Crippen LogP contribution in [0.15, 0.2) is 36.4 Å². The second-order valence-corrected chi connectivity index (χ2v) is 7.17. The van der Waals surface area contributed by atoms with E-state index in [1.165, 1.54) is 0 Å². The van der Waals surface area contributed by atoms with Crippen molar-refractivity contribution >= 4 is 22.4 Å². The second kappa shape index (κ2) is 8.09. The highest BCUT2D eigenvalue weighted by Crippen LogP contribution is 2.37. The Morgan fingerprint density at radius 1 is 1.15 bits per heavy atom. The standard InChI is InChI=1S/C22H29NO3/c1-4-25-20-13-12-19(17-10-6-7-11-18(17)20)23-21(24)22(26-5-2)14-8-9-16(3)15-22/h6-7,10-13,16H,4-5,8-9,14-15H2,1-3H3,(H,23,24)/t16-,22-/m1/s1. The molecular weight excluding hydrogens is 326 g/mol. The molecule has 0 spiro atoms. The van der Waals surface area contributed by atoms with Gasteiger partial charge in [0.05, 0.1) is 6.61 Å². The predicted molar refractivity (Wildman–Crippen MR) is 106 cm³/mol. The summed E-state index contributed by atoms with van der Waals surface area (Å²) in [4.78, 5) is 13.2. The first-order valence-electron chi connectivity index (χ1n) is 9.69. The number of anilines is 1. The highest BCUT2D eigenvalue weighted by Gasteiger charge is 2.42. The lowest BCUT2D eigenvalue weighted by Gasteiger charge is -2.38. The molecule has 0 saturated heterocycles. The number of ether oxygens (including phenoxy) is 2. The molecule has 0 bridgehead atoms. The third-order valence-corrected chi connectivity index (χ3v) is 5.22. The zero-order valence-electron chi connectivity index (χ0n) is 16.0. The summed E-state index contributed by atoms with van der Waals surface area (Å²) in [5, 5.41) is 5.15. The Morgan fingerprint density at radius 2 is 1.92 bits per heavy atom. The van der Waals surface area contributed by atoms with E-state index in [9.17, 15) is 4.79 Å². The van der Waals surface area contributed by atoms with Crippen LogP contribution >= 0.6 is 0 Å². The van der Waals surface area contributed by atoms with Crippen LogP contribution in [-0.4, -0.2) is 24.7 Å². The highest BCUT2D eigenvalue weighted by molar-refractivity contribution is 6.06. The molecule has 0 radical (unpaired) electrons. The van der Waals surface area contributed by atoms with Crippen LogP contribution in [0.3, 0.4) is 0 Å². The maximum absolute atomic E-state index is 13.2. The van der Waals surface area contributed by atoms with Crippen LogP contribution in [0.2, 0.25) is 0 Å². The summed E-state index contributed by atoms with van der Waals surface area (Å²) in [7, 11) is 0. The van der Waals surface area contributed by atoms with Crippen molar-refractivity contribution < 1.29 is 14.3 Å². The van der Waals surface area contributed by atoms with Crippen molar-refractivity contribution in [2.75, 3.05) is 18.5 Å². The van der Waals surface area contributed by atoms with Gasteiger partial charge in [0.25, 0.3) is 5.91 Å². The molecule has 1 saturated carbocycles. The SMILES string of the molecule is CCOc1ccc(NC(=O)[C@@]2(OCC)CCC[C@@H](C)C2)c2ccccc12. The van der Waals surface area contributed by atoms with Crippen molar-refractivity contribution in [3.8, 4) is 5.75 Å². The average Bonchev–Trinajstić information content (AvgIpc) is 2.64. The van der Waals surface area contributed by atoms with Crippen molar-refractivity contribution in [3.05, 3.63) is 36.4 Å². The van der Waals surface area contributed by atoms with Gasteiger partial charge in [-0.3, -0.25) is 4.79 Å². The summed E-state index contributed by atoms with van der Waals surface area (Å²) < 4.78 is 11.7. The van der Waals surface area contributed by atoms with Crippen LogP contribution in [0.25, 0.3) is 10.8 Å². The average molecular weight is 355 g/mol. The maximum atomic E-state index is 13.2. The molecule has 0 unspecified atom stereocenters. The molecule has 0 aromatic heterocycles. The molecule has 2 aromatic rings. The van der Waals surface area contributed by atoms with Crippen molar-refractivity contribution in [1.29, 1.82) is 0 Å². The normalized spacial score (nSPS) is 23.0. The fraction of sp³-hybridized carbons (Fsp3) is 0.500. The molecular formula is C22H29NO3. The van der Waals surface area contributed by atoms with Crippen LogP contribution in [-0.2, 0) is 9.53 Å². The van der Waals surface area contributed by atoms with E-state index in [2.05, 4.69) is 12.2 Å². The Balaban J connectivity index is 1.92. The highest BCUT2D eigenvalue weighted by atomic mass is 16.5. The number of rotatable bonds is 6. The second-order valence-electron chi connectivity index (χ2n) is 7.17. The van der Waals surface area contributed by atoms with E-state index in [1.807, 2.05) is 50.2 Å². The van der Waals surface area contributed by atoms with Gasteiger partial charge in [0.15, 0.2) is 0 Å². The van der Waals surface area contributed by atoms with Gasteiger partial charge < -0.3 is 14.8 Å². The van der Waals surface area contributed by atoms with Crippen LogP contribution in [0.1, 0.15) is 46.5 Å². The number of carbonyl (C=O) groups is 1. The van der Waals surface area contributed by atoms with E-state index in [-0.39, 0.29) is 5.91 Å². The van der Waals surface area contributed by atoms with E-state index in [0.717, 1.165) is 47.9 Å². The third-order valence-electron chi connectivity index (χ3n) is 5.22. The van der Waals surface area contributed by atoms with E-state index in [0.29, 0.717) is 19.1 Å². The molecule has 2 atom stereocenters. The van der Waals surface area contributed by atoms with Gasteiger partial charge in [-0.15, -0.1) is 0 Å². The number of amides is 1. The molecule has 1 fully saturated rings. The van der Waals surface area contributed by atoms with Gasteiger partial charge in [0, 0.05) is 23.1 Å². The summed E-state index contributed by atoms with van der Waals surface area (Å²) >= 11 is 0. The lowest BCUT2D eigenvalue weighted by molar-refractivity contribution is -0.147. The van der Waals surface area contributed by atoms with Crippen LogP contribution in [0.4, 0.5) is 5.69 Å². The Labute approximate surface area is 155 Å². The lowest BCUT2D eigenvalue weighted by Crippen LogP contribution is -2.48. The van der Waals surface area contributed by atoms with Gasteiger partial charge in [-0.1, -0.05) is 37.6 Å². The molecule has 4 heteroatoms. The van der Waals surface area contributed by atoms with Crippen molar-refractivity contribution in [3.63, 3.8) is 0 Å². The topological polar surface area (TPSA) is 47.6 Å². The van der Waals surface area contributed by atoms with Gasteiger partial charge >= 0.3 is 0 Å². The number of carbonyl (C=O) groups excluding carboxylic acids is 1. The molecule has 1 amide bonds. The fourth-order valence-electron chi connectivity index (χ4n) is 4.08. The summed E-state index contributed by atoms with van der Waals surface area (Å²) in [6.45, 7) is 7.29. The Kier molecular flexibility index (Phi) is 5.82. The zero-order chi connectivity index (χ0) is 18.6. The Morgan fingerprint density at radius 3 is 2.62 bits per heavy atom. The van der Waals surface area contributed by atoms with Gasteiger partial charge in [-0.2, -0.15) is 0 Å². The van der Waals surface area contributed by atoms with Gasteiger partial charge in [0.1, 0.15) is 11.4 Å². The maximum Gasteiger partial charge on any atom is 0.256 e. The summed E-state index contributed by atoms with van der Waals surface area (Å²) in [6.07, 6.45) is 3.75. The van der Waals surface area contributed by atoms with E-state index < -0.39 is 5.60 Å². The predicted octanol–water partition coefficient (Wildman–Crippen LogP) is 5.16. The number of hydrogen-bond acceptors (Lipinski definition) is 3. The van der Waals surface area contributed by atoms with E-state index in [4.69, 9.17) is 9.47 Å². The monoisotopic (exact) mass is 355 g/mol. The molecule has 3 rings (SSSR count). The van der Waals surface area contributed by atoms with Gasteiger partial charge in [0.2, 0.25) is 0 Å². The summed E-state index contributed by atoms with van der Waals surface area (Å²) in [5.74, 6) is 1.31. The molecule has 0 heterocycles. The minimum atomic E-state index is -0.716. The Bertz CT molecular complexity index is 769. The first-order valence-corrected chi connectivity index (χ1v) is 9.69. The van der Waals surface area contributed by atoms with Crippen LogP contribution in [0, 0.1) is 5.92 Å². The van der Waals surface area contributed by atoms with Crippen LogP contribution < -0.4 is 10.1 Å². The van der Waals surface area contributed by atoms with E-state index >= 15 is 0 Å². The molecule has 1 N–H and O–H groups in total. The van der Waals surface area contributed by atoms with Crippen molar-refractivity contribution in [2.45, 2.75) is 52.1 Å². The number of nitrogens with one attached hydrogen (secondary N) is 1. The molecule has 2 aromatic carbocycles. The van der Waals surface area contributed by atoms with Crippen LogP contribution in [0.5, 0.6) is 5.75 Å². The van der Waals surface area contributed by atoms with Gasteiger partial charge in [-0.25, -0.2) is 0 Å². The lowest BCUT2D eigenvalue weighted by atomic mass is 9.78. The minimum Gasteiger partial charge on any atom is -0.493 e. The minimum absolute atomic E-state index is 0.0276. The number of fused-ring (bicyclic) bond motifs is 1. The molecule has 1 aliphatic carbocycles. The first-order chi connectivity index (χ1) is 12.6. The smallest absolute Gasteiger partial charge is 0.256 e. The number of hydrogen-bond donors (Lipinski definition) is 1. The van der Waals surface area contributed by atoms with Gasteiger partial charge in [-0.05, 0) is 51.2 Å². The molecule has 4 nitrogen and oxygen atoms in total. The third kappa shape index (κ3) is 3.70. The molecule has 26 heavy (non-hydrogen) atoms. The van der Waals surface area contributed by atoms with E-state index in [1.54, 1.807) is 0 Å². The molecule has 140 valence electrons. The zero-order valence-corrected chi connectivity index (χ0v) is 16.0. The fourth-order valence-corrected chi connectivity index (χ4v) is 4.08. The van der Waals surface area contributed by atoms with Crippen molar-refractivity contribution in [2.24, 2.45) is 5.92 Å². The Hall–Kier alpha value is -2.07. The molecule has 1 aliphatic rings. The molecule has 0 aliphatic heterocycles. The number of benzene rings is 2.